The Morgan fingerprint density at radius 2 is 1.80 bits per heavy atom. The van der Waals surface area contributed by atoms with E-state index >= 15 is 0 Å². The van der Waals surface area contributed by atoms with Gasteiger partial charge in [0.05, 0.1) is 12.6 Å². The molecule has 0 saturated heterocycles. The highest BCUT2D eigenvalue weighted by Gasteiger charge is 2.16. The van der Waals surface area contributed by atoms with Crippen molar-refractivity contribution in [2.24, 2.45) is 0 Å². The number of rotatable bonds is 9. The molecule has 4 rings (SSSR count). The Hall–Kier alpha value is -3.81. The molecule has 4 aromatic rings. The molecule has 0 radical (unpaired) electrons. The molecule has 1 atom stereocenters. The van der Waals surface area contributed by atoms with Gasteiger partial charge in [-0.15, -0.1) is 10.2 Å². The molecule has 0 bridgehead atoms. The standard InChI is InChI=1S/C22H22N6O2/c29-20(12-7-13-21-26-27-22(30-21)18-10-5-2-6-11-18)25-19(14-28-16-23-15-24-28)17-8-3-1-4-9-17/h1-6,8-11,15-16,19H,7,12-14H2,(H,25,29). The van der Waals surface area contributed by atoms with Crippen molar-refractivity contribution in [2.45, 2.75) is 31.8 Å². The number of hydrogen-bond acceptors (Lipinski definition) is 6. The summed E-state index contributed by atoms with van der Waals surface area (Å²) in [7, 11) is 0. The summed E-state index contributed by atoms with van der Waals surface area (Å²) in [5.74, 6) is 0.989. The van der Waals surface area contributed by atoms with Crippen molar-refractivity contribution in [3.63, 3.8) is 0 Å². The Labute approximate surface area is 174 Å². The van der Waals surface area contributed by atoms with E-state index in [0.717, 1.165) is 11.1 Å². The van der Waals surface area contributed by atoms with Crippen molar-refractivity contribution >= 4 is 5.91 Å². The maximum absolute atomic E-state index is 12.5. The number of nitrogens with zero attached hydrogens (tertiary/aromatic N) is 5. The first-order chi connectivity index (χ1) is 14.8. The topological polar surface area (TPSA) is 98.7 Å². The molecule has 2 aromatic heterocycles. The maximum Gasteiger partial charge on any atom is 0.247 e. The van der Waals surface area contributed by atoms with Crippen molar-refractivity contribution in [3.8, 4) is 11.5 Å². The van der Waals surface area contributed by atoms with E-state index in [1.807, 2.05) is 60.7 Å². The lowest BCUT2D eigenvalue weighted by Crippen LogP contribution is -2.31. The van der Waals surface area contributed by atoms with E-state index in [9.17, 15) is 4.79 Å². The van der Waals surface area contributed by atoms with Crippen LogP contribution in [0.25, 0.3) is 11.5 Å². The summed E-state index contributed by atoms with van der Waals surface area (Å²) < 4.78 is 7.41. The second-order valence-corrected chi connectivity index (χ2v) is 6.87. The number of hydrogen-bond donors (Lipinski definition) is 1. The van der Waals surface area contributed by atoms with E-state index in [1.54, 1.807) is 11.0 Å². The molecule has 0 aliphatic carbocycles. The first-order valence-corrected chi connectivity index (χ1v) is 9.82. The van der Waals surface area contributed by atoms with Crippen molar-refractivity contribution in [1.29, 1.82) is 0 Å². The average molecular weight is 402 g/mol. The molecule has 1 amide bonds. The van der Waals surface area contributed by atoms with Gasteiger partial charge in [0.1, 0.15) is 12.7 Å². The number of carbonyl (C=O) groups is 1. The number of benzene rings is 2. The molecule has 2 aromatic carbocycles. The molecule has 2 heterocycles. The molecule has 0 fully saturated rings. The van der Waals surface area contributed by atoms with E-state index in [1.165, 1.54) is 6.33 Å². The SMILES string of the molecule is O=C(CCCc1nnc(-c2ccccc2)o1)NC(Cn1cncn1)c1ccccc1. The smallest absolute Gasteiger partial charge is 0.247 e. The lowest BCUT2D eigenvalue weighted by atomic mass is 10.1. The number of amides is 1. The molecule has 0 spiro atoms. The first-order valence-electron chi connectivity index (χ1n) is 9.82. The van der Waals surface area contributed by atoms with E-state index in [0.29, 0.717) is 37.6 Å². The molecule has 8 heteroatoms. The fourth-order valence-electron chi connectivity index (χ4n) is 3.15. The van der Waals surface area contributed by atoms with Gasteiger partial charge in [-0.2, -0.15) is 5.10 Å². The van der Waals surface area contributed by atoms with E-state index in [-0.39, 0.29) is 11.9 Å². The van der Waals surface area contributed by atoms with Gasteiger partial charge in [-0.05, 0) is 24.1 Å². The van der Waals surface area contributed by atoms with Crippen LogP contribution in [-0.4, -0.2) is 30.9 Å². The summed E-state index contributed by atoms with van der Waals surface area (Å²) in [4.78, 5) is 16.5. The minimum atomic E-state index is -0.187. The van der Waals surface area contributed by atoms with Crippen molar-refractivity contribution in [3.05, 3.63) is 84.8 Å². The lowest BCUT2D eigenvalue weighted by Gasteiger charge is -2.19. The first kappa shape index (κ1) is 19.5. The van der Waals surface area contributed by atoms with Crippen molar-refractivity contribution < 1.29 is 9.21 Å². The van der Waals surface area contributed by atoms with Crippen LogP contribution in [0.2, 0.25) is 0 Å². The molecular formula is C22H22N6O2. The minimum Gasteiger partial charge on any atom is -0.421 e. The van der Waals surface area contributed by atoms with Gasteiger partial charge in [-0.3, -0.25) is 9.48 Å². The maximum atomic E-state index is 12.5. The molecule has 152 valence electrons. The van der Waals surface area contributed by atoms with Crippen LogP contribution in [0.3, 0.4) is 0 Å². The summed E-state index contributed by atoms with van der Waals surface area (Å²) in [6.07, 6.45) is 4.66. The van der Waals surface area contributed by atoms with Crippen molar-refractivity contribution in [1.82, 2.24) is 30.3 Å². The predicted molar refractivity (Wildman–Crippen MR) is 110 cm³/mol. The molecular weight excluding hydrogens is 380 g/mol. The zero-order valence-electron chi connectivity index (χ0n) is 16.4. The Morgan fingerprint density at radius 3 is 2.53 bits per heavy atom. The number of nitrogens with one attached hydrogen (secondary N) is 1. The summed E-state index contributed by atoms with van der Waals surface area (Å²) >= 11 is 0. The number of aryl methyl sites for hydroxylation is 1. The average Bonchev–Trinajstić information content (AvgIpc) is 3.47. The Balaban J connectivity index is 1.31. The van der Waals surface area contributed by atoms with Crippen LogP contribution in [0.1, 0.15) is 30.3 Å². The zero-order chi connectivity index (χ0) is 20.6. The van der Waals surface area contributed by atoms with Crippen LogP contribution < -0.4 is 5.32 Å². The summed E-state index contributed by atoms with van der Waals surface area (Å²) in [6, 6.07) is 19.3. The highest BCUT2D eigenvalue weighted by molar-refractivity contribution is 5.76. The summed E-state index contributed by atoms with van der Waals surface area (Å²) in [5, 5.41) is 15.4. The van der Waals surface area contributed by atoms with Crippen LogP contribution in [-0.2, 0) is 17.8 Å². The van der Waals surface area contributed by atoms with E-state index in [4.69, 9.17) is 4.42 Å². The molecule has 30 heavy (non-hydrogen) atoms. The van der Waals surface area contributed by atoms with Gasteiger partial charge in [-0.1, -0.05) is 48.5 Å². The largest absolute Gasteiger partial charge is 0.421 e. The third-order valence-corrected chi connectivity index (χ3v) is 4.66. The normalized spacial score (nSPS) is 11.9. The van der Waals surface area contributed by atoms with Gasteiger partial charge in [-0.25, -0.2) is 4.98 Å². The van der Waals surface area contributed by atoms with Crippen LogP contribution in [0.15, 0.2) is 77.7 Å². The van der Waals surface area contributed by atoms with Crippen molar-refractivity contribution in [2.75, 3.05) is 0 Å². The van der Waals surface area contributed by atoms with Crippen LogP contribution >= 0.6 is 0 Å². The molecule has 8 nitrogen and oxygen atoms in total. The highest BCUT2D eigenvalue weighted by atomic mass is 16.4. The van der Waals surface area contributed by atoms with Gasteiger partial charge in [0.2, 0.25) is 17.7 Å². The van der Waals surface area contributed by atoms with Gasteiger partial charge < -0.3 is 9.73 Å². The molecule has 0 aliphatic heterocycles. The Kier molecular flexibility index (Phi) is 6.24. The lowest BCUT2D eigenvalue weighted by molar-refractivity contribution is -0.122. The third-order valence-electron chi connectivity index (χ3n) is 4.66. The predicted octanol–water partition coefficient (Wildman–Crippen LogP) is 3.21. The highest BCUT2D eigenvalue weighted by Crippen LogP contribution is 2.18. The Morgan fingerprint density at radius 1 is 1.03 bits per heavy atom. The van der Waals surface area contributed by atoms with Crippen LogP contribution in [0.4, 0.5) is 0 Å². The minimum absolute atomic E-state index is 0.0354. The monoisotopic (exact) mass is 402 g/mol. The molecule has 1 N–H and O–H groups in total. The number of carbonyl (C=O) groups excluding carboxylic acids is 1. The quantitative estimate of drug-likeness (QED) is 0.462. The van der Waals surface area contributed by atoms with E-state index in [2.05, 4.69) is 25.6 Å². The number of aromatic nitrogens is 5. The van der Waals surface area contributed by atoms with Crippen LogP contribution in [0, 0.1) is 0 Å². The second-order valence-electron chi connectivity index (χ2n) is 6.87. The van der Waals surface area contributed by atoms with Gasteiger partial charge in [0.25, 0.3) is 0 Å². The third kappa shape index (κ3) is 5.16. The summed E-state index contributed by atoms with van der Waals surface area (Å²) in [5.41, 5.74) is 1.90. The second kappa shape index (κ2) is 9.60. The molecule has 0 saturated carbocycles. The van der Waals surface area contributed by atoms with Gasteiger partial charge in [0, 0.05) is 18.4 Å². The molecule has 1 unspecified atom stereocenters. The summed E-state index contributed by atoms with van der Waals surface area (Å²) in [6.45, 7) is 0.514. The molecule has 0 aliphatic rings. The van der Waals surface area contributed by atoms with Gasteiger partial charge in [0.15, 0.2) is 0 Å². The van der Waals surface area contributed by atoms with Gasteiger partial charge >= 0.3 is 0 Å². The zero-order valence-corrected chi connectivity index (χ0v) is 16.4. The van der Waals surface area contributed by atoms with Crippen LogP contribution in [0.5, 0.6) is 0 Å². The fourth-order valence-corrected chi connectivity index (χ4v) is 3.15. The Bertz CT molecular complexity index is 1050. The van der Waals surface area contributed by atoms with E-state index < -0.39 is 0 Å². The fraction of sp³-hybridized carbons (Fsp3) is 0.227.